The van der Waals surface area contributed by atoms with Crippen molar-refractivity contribution in [2.45, 2.75) is 83.1 Å². The molecule has 0 atom stereocenters. The summed E-state index contributed by atoms with van der Waals surface area (Å²) < 4.78 is 16.1. The topological polar surface area (TPSA) is 25.2 Å². The van der Waals surface area contributed by atoms with Gasteiger partial charge in [-0.15, -0.1) is 22.7 Å². The maximum atomic E-state index is 13.2. The maximum absolute atomic E-state index is 13.2. The average molecular weight is 490 g/mol. The van der Waals surface area contributed by atoms with Gasteiger partial charge in [0, 0.05) is 22.2 Å². The molecule has 0 bridgehead atoms. The molecule has 0 amide bonds. The van der Waals surface area contributed by atoms with Crippen molar-refractivity contribution >= 4 is 34.9 Å². The van der Waals surface area contributed by atoms with E-state index in [0.29, 0.717) is 18.3 Å². The highest BCUT2D eigenvalue weighted by Crippen LogP contribution is 2.37. The molecule has 0 aliphatic heterocycles. The van der Waals surface area contributed by atoms with E-state index in [1.807, 2.05) is 12.1 Å². The maximum Gasteiger partial charge on any atom is 0.206 e. The first-order chi connectivity index (χ1) is 15.6. The molecule has 6 heteroatoms. The third-order valence-electron chi connectivity index (χ3n) is 6.45. The fourth-order valence-corrected chi connectivity index (χ4v) is 7.27. The third kappa shape index (κ3) is 6.09. The lowest BCUT2D eigenvalue weighted by Crippen LogP contribution is -2.09. The fourth-order valence-electron chi connectivity index (χ4n) is 4.66. The normalized spacial score (nSPS) is 17.0. The summed E-state index contributed by atoms with van der Waals surface area (Å²) in [4.78, 5) is 3.25. The van der Waals surface area contributed by atoms with E-state index in [-0.39, 0.29) is 5.82 Å². The number of aromatic nitrogens is 1. The molecule has 2 heterocycles. The Hall–Kier alpha value is -1.50. The van der Waals surface area contributed by atoms with Crippen molar-refractivity contribution in [2.24, 2.45) is 0 Å². The Labute approximate surface area is 203 Å². The summed E-state index contributed by atoms with van der Waals surface area (Å²) in [5, 5.41) is 11.1. The molecule has 32 heavy (non-hydrogen) atoms. The van der Waals surface area contributed by atoms with E-state index < -0.39 is 0 Å². The minimum atomic E-state index is -0.219. The molecular weight excluding hydrogens is 457 g/mol. The molecule has 1 aliphatic carbocycles. The summed E-state index contributed by atoms with van der Waals surface area (Å²) in [6, 6.07) is 11.1. The van der Waals surface area contributed by atoms with Crippen LogP contribution in [0.3, 0.4) is 0 Å². The summed E-state index contributed by atoms with van der Waals surface area (Å²) in [7, 11) is 0. The van der Waals surface area contributed by atoms with Gasteiger partial charge in [-0.3, -0.25) is 4.57 Å². The Bertz CT molecular complexity index is 1040. The first-order valence-corrected chi connectivity index (χ1v) is 13.9. The van der Waals surface area contributed by atoms with Crippen LogP contribution in [0.2, 0.25) is 0 Å². The summed E-state index contributed by atoms with van der Waals surface area (Å²) >= 11 is 8.97. The van der Waals surface area contributed by atoms with Crippen LogP contribution in [-0.4, -0.2) is 9.67 Å². The molecular formula is C26H32FNOS3. The standard InChI is InChI=1S/C26H32FNOS3/c27-20-14-12-19(13-15-20)23-17-16-22(31-23)18-24-25(29)28(26(30)32-24)21-10-8-6-4-2-1-3-5-7-9-11-21/h12-17,21,29H,1-11,18H2. The number of thiophene rings is 1. The molecule has 0 unspecified atom stereocenters. The van der Waals surface area contributed by atoms with E-state index in [1.54, 1.807) is 22.7 Å². The van der Waals surface area contributed by atoms with Crippen LogP contribution in [0.5, 0.6) is 5.88 Å². The number of benzene rings is 1. The summed E-state index contributed by atoms with van der Waals surface area (Å²) in [6.45, 7) is 0. The predicted octanol–water partition coefficient (Wildman–Crippen LogP) is 9.29. The van der Waals surface area contributed by atoms with Gasteiger partial charge >= 0.3 is 0 Å². The fraction of sp³-hybridized carbons (Fsp3) is 0.500. The van der Waals surface area contributed by atoms with Crippen molar-refractivity contribution in [2.75, 3.05) is 0 Å². The van der Waals surface area contributed by atoms with E-state index in [1.165, 1.54) is 74.8 Å². The van der Waals surface area contributed by atoms with Crippen molar-refractivity contribution < 1.29 is 9.50 Å². The SMILES string of the molecule is Oc1c(Cc2ccc(-c3ccc(F)cc3)s2)sc(=S)n1C1CCCCCCCCCCC1. The van der Waals surface area contributed by atoms with E-state index in [2.05, 4.69) is 16.7 Å². The molecule has 1 aliphatic rings. The van der Waals surface area contributed by atoms with Gasteiger partial charge in [0.05, 0.1) is 4.88 Å². The van der Waals surface area contributed by atoms with Gasteiger partial charge in [-0.2, -0.15) is 0 Å². The van der Waals surface area contributed by atoms with Crippen molar-refractivity contribution in [1.29, 1.82) is 0 Å². The summed E-state index contributed by atoms with van der Waals surface area (Å²) in [6.07, 6.45) is 14.6. The predicted molar refractivity (Wildman–Crippen MR) is 137 cm³/mol. The quantitative estimate of drug-likeness (QED) is 0.369. The number of halogens is 1. The van der Waals surface area contributed by atoms with Crippen LogP contribution in [-0.2, 0) is 6.42 Å². The Morgan fingerprint density at radius 3 is 2.06 bits per heavy atom. The second kappa shape index (κ2) is 11.6. The van der Waals surface area contributed by atoms with Crippen LogP contribution in [0, 0.1) is 9.77 Å². The average Bonchev–Trinajstić information content (AvgIpc) is 3.34. The van der Waals surface area contributed by atoms with Gasteiger partial charge < -0.3 is 5.11 Å². The summed E-state index contributed by atoms with van der Waals surface area (Å²) in [5.41, 5.74) is 1.02. The largest absolute Gasteiger partial charge is 0.494 e. The monoisotopic (exact) mass is 489 g/mol. The molecule has 3 aromatic rings. The molecule has 1 aromatic carbocycles. The highest BCUT2D eigenvalue weighted by molar-refractivity contribution is 7.73. The molecule has 1 N–H and O–H groups in total. The van der Waals surface area contributed by atoms with Crippen LogP contribution >= 0.6 is 34.9 Å². The Morgan fingerprint density at radius 1 is 0.844 bits per heavy atom. The number of nitrogens with zero attached hydrogens (tertiary/aromatic N) is 1. The zero-order valence-electron chi connectivity index (χ0n) is 18.5. The first kappa shape index (κ1) is 23.7. The molecule has 2 aromatic heterocycles. The summed E-state index contributed by atoms with van der Waals surface area (Å²) in [5.74, 6) is 0.150. The molecule has 0 spiro atoms. The molecule has 2 nitrogen and oxygen atoms in total. The third-order valence-corrected chi connectivity index (χ3v) is 8.98. The molecule has 0 radical (unpaired) electrons. The van der Waals surface area contributed by atoms with E-state index in [9.17, 15) is 9.50 Å². The Morgan fingerprint density at radius 2 is 1.44 bits per heavy atom. The highest BCUT2D eigenvalue weighted by atomic mass is 32.1. The molecule has 172 valence electrons. The van der Waals surface area contributed by atoms with Gasteiger partial charge in [0.2, 0.25) is 5.88 Å². The molecule has 0 saturated heterocycles. The lowest BCUT2D eigenvalue weighted by atomic mass is 9.98. The van der Waals surface area contributed by atoms with Crippen LogP contribution < -0.4 is 0 Å². The lowest BCUT2D eigenvalue weighted by molar-refractivity contribution is 0.333. The number of hydrogen-bond acceptors (Lipinski definition) is 4. The minimum Gasteiger partial charge on any atom is -0.494 e. The van der Waals surface area contributed by atoms with Crippen molar-refractivity contribution in [3.8, 4) is 16.3 Å². The van der Waals surface area contributed by atoms with E-state index in [4.69, 9.17) is 12.2 Å². The number of rotatable bonds is 4. The van der Waals surface area contributed by atoms with Gasteiger partial charge in [-0.1, -0.05) is 69.9 Å². The van der Waals surface area contributed by atoms with Gasteiger partial charge in [-0.05, 0) is 54.9 Å². The van der Waals surface area contributed by atoms with Crippen LogP contribution in [0.25, 0.3) is 10.4 Å². The van der Waals surface area contributed by atoms with Crippen molar-refractivity contribution in [3.63, 3.8) is 0 Å². The molecule has 1 fully saturated rings. The zero-order valence-corrected chi connectivity index (χ0v) is 21.0. The Balaban J connectivity index is 1.49. The van der Waals surface area contributed by atoms with E-state index in [0.717, 1.165) is 32.1 Å². The van der Waals surface area contributed by atoms with E-state index >= 15 is 0 Å². The van der Waals surface area contributed by atoms with Gasteiger partial charge in [0.25, 0.3) is 0 Å². The molecule has 1 saturated carbocycles. The van der Waals surface area contributed by atoms with Crippen LogP contribution in [0.4, 0.5) is 4.39 Å². The van der Waals surface area contributed by atoms with Crippen molar-refractivity contribution in [3.05, 3.63) is 55.9 Å². The second-order valence-corrected chi connectivity index (χ2v) is 11.7. The molecule has 4 rings (SSSR count). The van der Waals surface area contributed by atoms with Gasteiger partial charge in [0.1, 0.15) is 5.82 Å². The lowest BCUT2D eigenvalue weighted by Gasteiger charge is -2.20. The number of thiazole rings is 1. The smallest absolute Gasteiger partial charge is 0.206 e. The number of hydrogen-bond donors (Lipinski definition) is 1. The zero-order chi connectivity index (χ0) is 22.3. The van der Waals surface area contributed by atoms with Gasteiger partial charge in [0.15, 0.2) is 3.95 Å². The first-order valence-electron chi connectivity index (χ1n) is 11.9. The van der Waals surface area contributed by atoms with Crippen LogP contribution in [0.1, 0.15) is 86.4 Å². The minimum absolute atomic E-state index is 0.219. The highest BCUT2D eigenvalue weighted by Gasteiger charge is 2.20. The number of aromatic hydroxyl groups is 1. The Kier molecular flexibility index (Phi) is 8.55. The second-order valence-electron chi connectivity index (χ2n) is 8.85. The van der Waals surface area contributed by atoms with Crippen LogP contribution in [0.15, 0.2) is 36.4 Å². The van der Waals surface area contributed by atoms with Gasteiger partial charge in [-0.25, -0.2) is 4.39 Å². The van der Waals surface area contributed by atoms with Crippen molar-refractivity contribution in [1.82, 2.24) is 4.57 Å².